The van der Waals surface area contributed by atoms with Gasteiger partial charge in [-0.15, -0.1) is 0 Å². The number of carbonyl (C=O) groups excluding carboxylic acids is 6. The molecule has 4 amide bonds. The summed E-state index contributed by atoms with van der Waals surface area (Å²) in [5, 5.41) is 0. The number of halogens is 1. The summed E-state index contributed by atoms with van der Waals surface area (Å²) in [5.74, 6) is -5.08. The van der Waals surface area contributed by atoms with Gasteiger partial charge < -0.3 is 37.3 Å². The maximum Gasteiger partial charge on any atom is 0.412 e. The Morgan fingerprint density at radius 3 is 1.65 bits per heavy atom. The fourth-order valence-corrected chi connectivity index (χ4v) is 13.0. The average molecular weight is 852 g/mol. The van der Waals surface area contributed by atoms with Crippen LogP contribution in [-0.4, -0.2) is 93.6 Å². The number of anilines is 1. The van der Waals surface area contributed by atoms with Crippen LogP contribution in [0.5, 0.6) is 0 Å². The zero-order valence-corrected chi connectivity index (χ0v) is 35.4. The molecule has 3 aliphatic heterocycles. The van der Waals surface area contributed by atoms with E-state index in [0.29, 0.717) is 48.9 Å². The van der Waals surface area contributed by atoms with Gasteiger partial charge in [-0.1, -0.05) is 69.3 Å². The molecule has 9 atom stereocenters. The van der Waals surface area contributed by atoms with Gasteiger partial charge in [-0.05, 0) is 104 Å². The van der Waals surface area contributed by atoms with E-state index < -0.39 is 87.3 Å². The Labute approximate surface area is 359 Å². The van der Waals surface area contributed by atoms with Crippen LogP contribution in [0.4, 0.5) is 19.7 Å². The van der Waals surface area contributed by atoms with E-state index in [9.17, 15) is 33.2 Å². The van der Waals surface area contributed by atoms with E-state index in [4.69, 9.17) is 32.4 Å². The number of hydrogen-bond acceptors (Lipinski definition) is 11. The van der Waals surface area contributed by atoms with E-state index in [2.05, 4.69) is 11.8 Å². The first-order valence-electron chi connectivity index (χ1n) is 21.2. The van der Waals surface area contributed by atoms with Crippen LogP contribution >= 0.6 is 0 Å². The standard InChI is InChI=1S/C46H54FN7O8/c1-26-21-34(33-13-7-19-52(33)45(36(48)55,38(57)61-40(50)59)42(2)24-27-9-5-11-29(42)22-27)54(32-17-15-31(47)16-18-32)44(26,4)35-14-8-20-53(35)46(37(49)56,39(58)62-41(51)60)43(3)25-28-10-6-12-30(43)23-28/h5-6,9-12,15-18,22-23,26,33-35H,7-8,13-14,19-21,24-25H2,1-4H3,(H2,48,55)(H2,49,56)(H2,50,59)(H2,51,60)/t26?,33?,34?,35?,42?,43?,44-,45-,46-/m0/s1. The van der Waals surface area contributed by atoms with Crippen molar-refractivity contribution in [3.05, 3.63) is 101 Å². The molecule has 3 saturated heterocycles. The van der Waals surface area contributed by atoms with Gasteiger partial charge in [0.1, 0.15) is 5.82 Å². The first kappa shape index (κ1) is 42.8. The van der Waals surface area contributed by atoms with E-state index in [1.54, 1.807) is 30.9 Å². The molecule has 2 aliphatic carbocycles. The Morgan fingerprint density at radius 2 is 1.16 bits per heavy atom. The summed E-state index contributed by atoms with van der Waals surface area (Å²) < 4.78 is 25.3. The zero-order chi connectivity index (χ0) is 44.7. The number of nitrogens with zero attached hydrogens (tertiary/aromatic N) is 3. The number of benzene rings is 3. The molecule has 8 rings (SSSR count). The largest absolute Gasteiger partial charge is 0.412 e. The van der Waals surface area contributed by atoms with Gasteiger partial charge in [0.2, 0.25) is 11.1 Å². The Balaban J connectivity index is 1.30. The van der Waals surface area contributed by atoms with Crippen molar-refractivity contribution >= 4 is 41.6 Å². The van der Waals surface area contributed by atoms with E-state index >= 15 is 0 Å². The van der Waals surface area contributed by atoms with E-state index in [1.807, 2.05) is 60.4 Å². The minimum Gasteiger partial charge on any atom is -0.375 e. The maximum absolute atomic E-state index is 14.8. The number of hydrogen-bond donors (Lipinski definition) is 4. The summed E-state index contributed by atoms with van der Waals surface area (Å²) in [6.45, 7) is 8.10. The highest BCUT2D eigenvalue weighted by Crippen LogP contribution is 2.57. The molecule has 62 heavy (non-hydrogen) atoms. The molecular weight excluding hydrogens is 798 g/mol. The third-order valence-electron chi connectivity index (χ3n) is 15.6. The second-order valence-corrected chi connectivity index (χ2v) is 18.5. The van der Waals surface area contributed by atoms with Crippen molar-refractivity contribution in [3.8, 4) is 0 Å². The molecule has 3 aromatic rings. The average Bonchev–Trinajstić information content (AvgIpc) is 4.01. The van der Waals surface area contributed by atoms with Crippen LogP contribution in [0.1, 0.15) is 82.1 Å². The predicted octanol–water partition coefficient (Wildman–Crippen LogP) is 3.45. The van der Waals surface area contributed by atoms with Crippen LogP contribution in [0, 0.1) is 11.7 Å². The third-order valence-corrected chi connectivity index (χ3v) is 15.6. The van der Waals surface area contributed by atoms with Crippen molar-refractivity contribution in [2.24, 2.45) is 28.9 Å². The number of likely N-dealkylation sites (tertiary alicyclic amines) is 2. The number of amides is 4. The Hall–Kier alpha value is -5.87. The number of nitrogens with two attached hydrogens (primary N) is 4. The Bertz CT molecular complexity index is 2380. The second-order valence-electron chi connectivity index (χ2n) is 18.5. The van der Waals surface area contributed by atoms with E-state index in [-0.39, 0.29) is 31.8 Å². The molecule has 5 aliphatic rings. The second kappa shape index (κ2) is 14.9. The van der Waals surface area contributed by atoms with Gasteiger partial charge in [0.15, 0.2) is 0 Å². The molecule has 0 spiro atoms. The molecule has 0 aromatic heterocycles. The molecule has 3 heterocycles. The molecule has 328 valence electrons. The van der Waals surface area contributed by atoms with Gasteiger partial charge in [0.05, 0.1) is 5.54 Å². The molecule has 3 fully saturated rings. The van der Waals surface area contributed by atoms with Crippen LogP contribution < -0.4 is 27.8 Å². The van der Waals surface area contributed by atoms with Crippen molar-refractivity contribution in [1.82, 2.24) is 9.80 Å². The van der Waals surface area contributed by atoms with Gasteiger partial charge >= 0.3 is 24.1 Å². The van der Waals surface area contributed by atoms with Crippen molar-refractivity contribution < 1.29 is 42.6 Å². The number of rotatable bonds is 11. The summed E-state index contributed by atoms with van der Waals surface area (Å²) in [6.07, 6.45) is 0.184. The summed E-state index contributed by atoms with van der Waals surface area (Å²) in [4.78, 5) is 88.9. The first-order chi connectivity index (χ1) is 29.3. The van der Waals surface area contributed by atoms with Crippen molar-refractivity contribution in [2.75, 3.05) is 18.0 Å². The number of primary amides is 4. The van der Waals surface area contributed by atoms with Gasteiger partial charge in [-0.2, -0.15) is 0 Å². The van der Waals surface area contributed by atoms with Crippen LogP contribution in [0.25, 0.3) is 0 Å². The van der Waals surface area contributed by atoms with Crippen molar-refractivity contribution in [3.63, 3.8) is 0 Å². The molecule has 3 aromatic carbocycles. The highest BCUT2D eigenvalue weighted by Gasteiger charge is 2.72. The normalized spacial score (nSPS) is 31.0. The van der Waals surface area contributed by atoms with Crippen molar-refractivity contribution in [2.45, 2.75) is 118 Å². The fraction of sp³-hybridized carbons (Fsp3) is 0.478. The minimum absolute atomic E-state index is 0.216. The van der Waals surface area contributed by atoms with Crippen LogP contribution in [-0.2, 0) is 52.3 Å². The Kier molecular flexibility index (Phi) is 10.3. The van der Waals surface area contributed by atoms with Crippen molar-refractivity contribution in [1.29, 1.82) is 0 Å². The molecule has 16 heteroatoms. The van der Waals surface area contributed by atoms with Gasteiger partial charge in [-0.25, -0.2) is 23.6 Å². The third kappa shape index (κ3) is 5.81. The number of ether oxygens (including phenoxy) is 2. The first-order valence-corrected chi connectivity index (χ1v) is 21.2. The highest BCUT2D eigenvalue weighted by atomic mass is 19.1. The summed E-state index contributed by atoms with van der Waals surface area (Å²) in [6, 6.07) is 19.2. The Morgan fingerprint density at radius 1 is 0.677 bits per heavy atom. The van der Waals surface area contributed by atoms with Gasteiger partial charge in [0.25, 0.3) is 11.8 Å². The number of fused-ring (bicyclic) bond motifs is 4. The molecule has 15 nitrogen and oxygen atoms in total. The number of carbonyl (C=O) groups is 6. The molecule has 8 N–H and O–H groups in total. The minimum atomic E-state index is -2.24. The van der Waals surface area contributed by atoms with E-state index in [1.165, 1.54) is 12.1 Å². The molecule has 0 saturated carbocycles. The lowest BCUT2D eigenvalue weighted by atomic mass is 9.64. The van der Waals surface area contributed by atoms with Crippen LogP contribution in [0.3, 0.4) is 0 Å². The lowest BCUT2D eigenvalue weighted by Gasteiger charge is -2.56. The highest BCUT2D eigenvalue weighted by molar-refractivity contribution is 6.12. The smallest absolute Gasteiger partial charge is 0.375 e. The molecule has 6 unspecified atom stereocenters. The van der Waals surface area contributed by atoms with Crippen LogP contribution in [0.2, 0.25) is 0 Å². The van der Waals surface area contributed by atoms with E-state index in [0.717, 1.165) is 11.1 Å². The molecular formula is C46H54FN7O8. The zero-order valence-electron chi connectivity index (χ0n) is 35.4. The monoisotopic (exact) mass is 851 g/mol. The summed E-state index contributed by atoms with van der Waals surface area (Å²) in [5.41, 5.74) is 19.5. The quantitative estimate of drug-likeness (QED) is 0.161. The number of esters is 2. The maximum atomic E-state index is 14.8. The van der Waals surface area contributed by atoms with Crippen LogP contribution in [0.15, 0.2) is 72.8 Å². The van der Waals surface area contributed by atoms with Gasteiger partial charge in [0, 0.05) is 47.7 Å². The SMILES string of the molecule is CC1CC(C2CCCN2[C@@](C(N)=O)(C(=O)OC(N)=O)C2(C)Cc3cccc2c3)N(c2ccc(F)cc2)[C@]1(C)C1CCCN1[C@@](C(N)=O)(C(=O)OC(N)=O)C1(C)Cc2cccc1c2. The lowest BCUT2D eigenvalue weighted by molar-refractivity contribution is -0.167. The molecule has 0 radical (unpaired) electrons. The lowest BCUT2D eigenvalue weighted by Crippen LogP contribution is -2.77. The topological polar surface area (TPSA) is 235 Å². The molecule has 4 bridgehead atoms. The fourth-order valence-electron chi connectivity index (χ4n) is 13.0. The summed E-state index contributed by atoms with van der Waals surface area (Å²) >= 11 is 0. The van der Waals surface area contributed by atoms with Gasteiger partial charge in [-0.3, -0.25) is 19.4 Å². The summed E-state index contributed by atoms with van der Waals surface area (Å²) in [7, 11) is 0. The predicted molar refractivity (Wildman–Crippen MR) is 225 cm³/mol.